The Morgan fingerprint density at radius 3 is 1.56 bits per heavy atom. The number of rotatable bonds is 7. The standard InChI is InChI=1S/C23H26OP/c1-20(2)24-19-25(22-14-8-4-9-15-22,23-16-10-5-11-17-23)18-21-12-6-3-7-13-21/h3-17,20H,18-19H2,1-2H3/q+1. The molecule has 0 aliphatic heterocycles. The van der Waals surface area contributed by atoms with Crippen LogP contribution in [0.1, 0.15) is 19.4 Å². The Hall–Kier alpha value is -1.95. The zero-order valence-electron chi connectivity index (χ0n) is 15.0. The Labute approximate surface area is 152 Å². The molecule has 0 aliphatic rings. The molecular weight excluding hydrogens is 323 g/mol. The second kappa shape index (κ2) is 8.43. The highest BCUT2D eigenvalue weighted by molar-refractivity contribution is 7.88. The van der Waals surface area contributed by atoms with Gasteiger partial charge in [0.05, 0.1) is 12.3 Å². The predicted octanol–water partition coefficient (Wildman–Crippen LogP) is 5.24. The van der Waals surface area contributed by atoms with Crippen molar-refractivity contribution < 1.29 is 4.74 Å². The maximum Gasteiger partial charge on any atom is 0.167 e. The van der Waals surface area contributed by atoms with E-state index < -0.39 is 7.26 Å². The van der Waals surface area contributed by atoms with E-state index in [2.05, 4.69) is 105 Å². The molecule has 0 spiro atoms. The second-order valence-corrected chi connectivity index (χ2v) is 10.2. The van der Waals surface area contributed by atoms with E-state index in [9.17, 15) is 0 Å². The molecule has 0 unspecified atom stereocenters. The smallest absolute Gasteiger partial charge is 0.167 e. The van der Waals surface area contributed by atoms with E-state index in [4.69, 9.17) is 4.74 Å². The van der Waals surface area contributed by atoms with Crippen molar-refractivity contribution in [3.63, 3.8) is 0 Å². The molecular formula is C23H26OP+. The first-order valence-electron chi connectivity index (χ1n) is 8.84. The first kappa shape index (κ1) is 17.9. The summed E-state index contributed by atoms with van der Waals surface area (Å²) in [5.41, 5.74) is 1.37. The van der Waals surface area contributed by atoms with Gasteiger partial charge in [0.15, 0.2) is 6.35 Å². The topological polar surface area (TPSA) is 9.23 Å². The Morgan fingerprint density at radius 1 is 0.680 bits per heavy atom. The van der Waals surface area contributed by atoms with E-state index in [0.29, 0.717) is 0 Å². The van der Waals surface area contributed by atoms with Gasteiger partial charge in [-0.05, 0) is 43.7 Å². The number of ether oxygens (including phenoxy) is 1. The first-order chi connectivity index (χ1) is 12.2. The summed E-state index contributed by atoms with van der Waals surface area (Å²) in [6, 6.07) is 32.7. The van der Waals surface area contributed by atoms with Crippen LogP contribution in [0.2, 0.25) is 0 Å². The highest BCUT2D eigenvalue weighted by Crippen LogP contribution is 2.59. The summed E-state index contributed by atoms with van der Waals surface area (Å²) in [7, 11) is -1.70. The third-order valence-electron chi connectivity index (χ3n) is 4.42. The van der Waals surface area contributed by atoms with Crippen LogP contribution < -0.4 is 10.6 Å². The molecule has 128 valence electrons. The summed E-state index contributed by atoms with van der Waals surface area (Å²) >= 11 is 0. The maximum absolute atomic E-state index is 6.24. The number of hydrogen-bond acceptors (Lipinski definition) is 1. The van der Waals surface area contributed by atoms with Gasteiger partial charge in [-0.15, -0.1) is 0 Å². The van der Waals surface area contributed by atoms with Gasteiger partial charge in [0, 0.05) is 0 Å². The van der Waals surface area contributed by atoms with E-state index in [1.54, 1.807) is 0 Å². The average molecular weight is 349 g/mol. The van der Waals surface area contributed by atoms with Crippen LogP contribution in [0.5, 0.6) is 0 Å². The first-order valence-corrected chi connectivity index (χ1v) is 11.0. The fourth-order valence-electron chi connectivity index (χ4n) is 3.12. The molecule has 0 bridgehead atoms. The minimum absolute atomic E-state index is 0.225. The van der Waals surface area contributed by atoms with E-state index in [0.717, 1.165) is 12.5 Å². The van der Waals surface area contributed by atoms with Crippen molar-refractivity contribution in [3.8, 4) is 0 Å². The summed E-state index contributed by atoms with van der Waals surface area (Å²) in [6.45, 7) is 4.24. The lowest BCUT2D eigenvalue weighted by atomic mass is 10.2. The molecule has 3 aromatic rings. The fraction of sp³-hybridized carbons (Fsp3) is 0.217. The van der Waals surface area contributed by atoms with Crippen molar-refractivity contribution in [2.24, 2.45) is 0 Å². The molecule has 1 nitrogen and oxygen atoms in total. The van der Waals surface area contributed by atoms with Gasteiger partial charge in [0.1, 0.15) is 17.9 Å². The van der Waals surface area contributed by atoms with E-state index in [1.165, 1.54) is 16.2 Å². The van der Waals surface area contributed by atoms with Crippen LogP contribution in [0.15, 0.2) is 91.0 Å². The van der Waals surface area contributed by atoms with Gasteiger partial charge in [-0.3, -0.25) is 0 Å². The Morgan fingerprint density at radius 2 is 1.12 bits per heavy atom. The molecule has 3 aromatic carbocycles. The second-order valence-electron chi connectivity index (χ2n) is 6.63. The van der Waals surface area contributed by atoms with E-state index in [1.807, 2.05) is 0 Å². The summed E-state index contributed by atoms with van der Waals surface area (Å²) in [4.78, 5) is 0. The van der Waals surface area contributed by atoms with Crippen molar-refractivity contribution in [2.75, 3.05) is 6.35 Å². The van der Waals surface area contributed by atoms with Crippen molar-refractivity contribution in [1.29, 1.82) is 0 Å². The molecule has 0 radical (unpaired) electrons. The Kier molecular flexibility index (Phi) is 6.02. The van der Waals surface area contributed by atoms with Crippen molar-refractivity contribution in [3.05, 3.63) is 96.6 Å². The summed E-state index contributed by atoms with van der Waals surface area (Å²) in [6.07, 6.45) is 2.02. The molecule has 0 aliphatic carbocycles. The molecule has 0 saturated heterocycles. The minimum atomic E-state index is -1.70. The molecule has 3 rings (SSSR count). The molecule has 0 saturated carbocycles. The van der Waals surface area contributed by atoms with Gasteiger partial charge in [0.25, 0.3) is 0 Å². The van der Waals surface area contributed by atoms with Crippen molar-refractivity contribution in [2.45, 2.75) is 26.1 Å². The lowest BCUT2D eigenvalue weighted by Gasteiger charge is -2.28. The molecule has 0 N–H and O–H groups in total. The quantitative estimate of drug-likeness (QED) is 0.530. The summed E-state index contributed by atoms with van der Waals surface area (Å²) in [5, 5.41) is 2.82. The summed E-state index contributed by atoms with van der Waals surface area (Å²) < 4.78 is 6.24. The third-order valence-corrected chi connectivity index (χ3v) is 8.49. The third kappa shape index (κ3) is 4.37. The van der Waals surface area contributed by atoms with Crippen LogP contribution in [0, 0.1) is 0 Å². The zero-order chi connectivity index (χ0) is 17.5. The molecule has 0 fully saturated rings. The number of hydrogen-bond donors (Lipinski definition) is 0. The van der Waals surface area contributed by atoms with E-state index >= 15 is 0 Å². The molecule has 0 heterocycles. The van der Waals surface area contributed by atoms with Crippen molar-refractivity contribution in [1.82, 2.24) is 0 Å². The number of benzene rings is 3. The lowest BCUT2D eigenvalue weighted by Crippen LogP contribution is -2.28. The Balaban J connectivity index is 2.12. The lowest BCUT2D eigenvalue weighted by molar-refractivity contribution is 0.117. The molecule has 0 atom stereocenters. The minimum Gasteiger partial charge on any atom is -0.343 e. The van der Waals surface area contributed by atoms with Gasteiger partial charge < -0.3 is 4.74 Å². The Bertz CT molecular complexity index is 714. The van der Waals surface area contributed by atoms with Crippen LogP contribution >= 0.6 is 7.26 Å². The van der Waals surface area contributed by atoms with Crippen LogP contribution in [0.25, 0.3) is 0 Å². The highest BCUT2D eigenvalue weighted by Gasteiger charge is 2.43. The van der Waals surface area contributed by atoms with Crippen LogP contribution in [0.3, 0.4) is 0 Å². The molecule has 0 amide bonds. The van der Waals surface area contributed by atoms with E-state index in [-0.39, 0.29) is 6.10 Å². The normalized spacial score (nSPS) is 11.6. The fourth-order valence-corrected chi connectivity index (χ4v) is 7.05. The van der Waals surface area contributed by atoms with Crippen LogP contribution in [-0.4, -0.2) is 12.5 Å². The molecule has 2 heteroatoms. The van der Waals surface area contributed by atoms with Gasteiger partial charge in [0.2, 0.25) is 0 Å². The summed E-state index contributed by atoms with van der Waals surface area (Å²) in [5.74, 6) is 0. The maximum atomic E-state index is 6.24. The molecule has 0 aromatic heterocycles. The zero-order valence-corrected chi connectivity index (χ0v) is 15.9. The van der Waals surface area contributed by atoms with Gasteiger partial charge in [-0.1, -0.05) is 66.7 Å². The van der Waals surface area contributed by atoms with Crippen molar-refractivity contribution >= 4 is 17.9 Å². The monoisotopic (exact) mass is 349 g/mol. The predicted molar refractivity (Wildman–Crippen MR) is 110 cm³/mol. The highest BCUT2D eigenvalue weighted by atomic mass is 31.2. The van der Waals surface area contributed by atoms with Gasteiger partial charge in [-0.2, -0.15) is 0 Å². The van der Waals surface area contributed by atoms with Crippen LogP contribution in [0.4, 0.5) is 0 Å². The van der Waals surface area contributed by atoms with Gasteiger partial charge in [-0.25, -0.2) is 0 Å². The van der Waals surface area contributed by atoms with Gasteiger partial charge >= 0.3 is 0 Å². The molecule has 25 heavy (non-hydrogen) atoms. The average Bonchev–Trinajstić information content (AvgIpc) is 2.67. The SMILES string of the molecule is CC(C)OC[P+](Cc1ccccc1)(c1ccccc1)c1ccccc1. The largest absolute Gasteiger partial charge is 0.343 e. The van der Waals surface area contributed by atoms with Crippen LogP contribution in [-0.2, 0) is 10.9 Å².